The highest BCUT2D eigenvalue weighted by Gasteiger charge is 2.29. The molecule has 1 aliphatic rings. The molecule has 0 radical (unpaired) electrons. The Morgan fingerprint density at radius 2 is 1.80 bits per heavy atom. The molecule has 7 heteroatoms. The second kappa shape index (κ2) is 7.59. The topological polar surface area (TPSA) is 51.0 Å². The first kappa shape index (κ1) is 18.9. The van der Waals surface area contributed by atoms with Crippen molar-refractivity contribution in [1.29, 1.82) is 0 Å². The van der Waals surface area contributed by atoms with Crippen LogP contribution in [-0.2, 0) is 13.1 Å². The number of carbonyl (C=O) groups is 1. The fourth-order valence-corrected chi connectivity index (χ4v) is 4.17. The minimum Gasteiger partial charge on any atom is -0.286 e. The van der Waals surface area contributed by atoms with Gasteiger partial charge in [0, 0.05) is 23.0 Å². The minimum atomic E-state index is -0.202. The van der Waals surface area contributed by atoms with E-state index < -0.39 is 0 Å². The van der Waals surface area contributed by atoms with Crippen molar-refractivity contribution < 1.29 is 4.79 Å². The lowest BCUT2D eigenvalue weighted by molar-refractivity contribution is 0.0984. The number of fused-ring (bicyclic) bond motifs is 2. The zero-order valence-corrected chi connectivity index (χ0v) is 17.3. The molecule has 3 heterocycles. The van der Waals surface area contributed by atoms with Crippen LogP contribution in [0.25, 0.3) is 11.1 Å². The number of amides is 1. The van der Waals surface area contributed by atoms with Crippen molar-refractivity contribution >= 4 is 34.9 Å². The van der Waals surface area contributed by atoms with Crippen LogP contribution >= 0.6 is 23.2 Å². The quantitative estimate of drug-likeness (QED) is 0.420. The number of anilines is 1. The highest BCUT2D eigenvalue weighted by molar-refractivity contribution is 6.34. The van der Waals surface area contributed by atoms with Crippen molar-refractivity contribution in [3.05, 3.63) is 99.9 Å². The summed E-state index contributed by atoms with van der Waals surface area (Å²) in [6.07, 6.45) is 3.46. The number of aromatic nitrogens is 3. The molecule has 0 N–H and O–H groups in total. The first-order valence-electron chi connectivity index (χ1n) is 9.43. The highest BCUT2D eigenvalue weighted by Crippen LogP contribution is 2.35. The second-order valence-corrected chi connectivity index (χ2v) is 7.87. The molecule has 4 aromatic rings. The summed E-state index contributed by atoms with van der Waals surface area (Å²) < 4.78 is 1.90. The number of nitrogens with zero attached hydrogens (tertiary/aromatic N) is 4. The van der Waals surface area contributed by atoms with Crippen LogP contribution in [0.3, 0.4) is 0 Å². The third kappa shape index (κ3) is 3.26. The first-order chi connectivity index (χ1) is 14.6. The van der Waals surface area contributed by atoms with Gasteiger partial charge < -0.3 is 0 Å². The largest absolute Gasteiger partial charge is 0.286 e. The van der Waals surface area contributed by atoms with Gasteiger partial charge in [-0.3, -0.25) is 14.4 Å². The van der Waals surface area contributed by atoms with Crippen LogP contribution in [0.1, 0.15) is 21.6 Å². The van der Waals surface area contributed by atoms with Crippen LogP contribution in [0, 0.1) is 0 Å². The van der Waals surface area contributed by atoms with Crippen molar-refractivity contribution in [2.45, 2.75) is 13.1 Å². The number of hydrogen-bond donors (Lipinski definition) is 0. The van der Waals surface area contributed by atoms with Gasteiger partial charge >= 0.3 is 0 Å². The Morgan fingerprint density at radius 1 is 0.933 bits per heavy atom. The molecule has 0 unspecified atom stereocenters. The van der Waals surface area contributed by atoms with Gasteiger partial charge in [0.15, 0.2) is 0 Å². The molecule has 0 saturated carbocycles. The lowest BCUT2D eigenvalue weighted by Gasteiger charge is -2.23. The van der Waals surface area contributed by atoms with E-state index in [0.717, 1.165) is 22.4 Å². The maximum absolute atomic E-state index is 13.5. The number of halogens is 2. The lowest BCUT2D eigenvalue weighted by Crippen LogP contribution is -2.31. The molecule has 0 fully saturated rings. The standard InChI is InChI=1S/C23H16Cl2N4O/c24-16-5-3-4-15(12-16)18-9-10-26-22-20(18)14-29-17(8-11-27-29)13-28(22)23(30)19-6-1-2-7-21(19)25/h1-12H,13-14H2. The van der Waals surface area contributed by atoms with Crippen molar-refractivity contribution in [3.63, 3.8) is 0 Å². The lowest BCUT2D eigenvalue weighted by atomic mass is 10.0. The molecule has 1 amide bonds. The first-order valence-corrected chi connectivity index (χ1v) is 10.2. The highest BCUT2D eigenvalue weighted by atomic mass is 35.5. The maximum Gasteiger partial charge on any atom is 0.261 e. The van der Waals surface area contributed by atoms with Crippen LogP contribution in [-0.4, -0.2) is 20.7 Å². The predicted molar refractivity (Wildman–Crippen MR) is 118 cm³/mol. The van der Waals surface area contributed by atoms with Crippen molar-refractivity contribution in [1.82, 2.24) is 14.8 Å². The molecule has 5 nitrogen and oxygen atoms in total. The molecule has 0 saturated heterocycles. The number of rotatable bonds is 2. The molecular formula is C23H16Cl2N4O. The average molecular weight is 435 g/mol. The summed E-state index contributed by atoms with van der Waals surface area (Å²) in [5, 5.41) is 5.51. The molecule has 0 bridgehead atoms. The normalized spacial score (nSPS) is 12.8. The zero-order valence-electron chi connectivity index (χ0n) is 15.8. The van der Waals surface area contributed by atoms with Crippen LogP contribution in [0.15, 0.2) is 73.1 Å². The van der Waals surface area contributed by atoms with Crippen molar-refractivity contribution in [2.75, 3.05) is 4.90 Å². The summed E-state index contributed by atoms with van der Waals surface area (Å²) in [7, 11) is 0. The molecule has 148 valence electrons. The summed E-state index contributed by atoms with van der Waals surface area (Å²) in [4.78, 5) is 19.8. The Bertz CT molecular complexity index is 1270. The Balaban J connectivity index is 1.71. The summed E-state index contributed by atoms with van der Waals surface area (Å²) in [6.45, 7) is 0.850. The zero-order chi connectivity index (χ0) is 20.7. The van der Waals surface area contributed by atoms with Crippen LogP contribution in [0.2, 0.25) is 10.0 Å². The van der Waals surface area contributed by atoms with Gasteiger partial charge in [-0.2, -0.15) is 5.10 Å². The third-order valence-corrected chi connectivity index (χ3v) is 5.77. The van der Waals surface area contributed by atoms with E-state index in [-0.39, 0.29) is 5.91 Å². The Hall–Kier alpha value is -3.15. The maximum atomic E-state index is 13.5. The molecule has 1 aliphatic heterocycles. The number of benzene rings is 2. The van der Waals surface area contributed by atoms with Crippen molar-refractivity contribution in [2.24, 2.45) is 0 Å². The van der Waals surface area contributed by atoms with E-state index in [0.29, 0.717) is 34.5 Å². The molecular weight excluding hydrogens is 419 g/mol. The molecule has 0 atom stereocenters. The Kier molecular flexibility index (Phi) is 4.77. The SMILES string of the molecule is O=C(c1ccccc1Cl)N1Cc2ccnn2Cc2c(-c3cccc(Cl)c3)ccnc21. The van der Waals surface area contributed by atoms with E-state index in [1.165, 1.54) is 0 Å². The molecule has 2 aromatic heterocycles. The van der Waals surface area contributed by atoms with Gasteiger partial charge in [0.1, 0.15) is 5.82 Å². The van der Waals surface area contributed by atoms with Gasteiger partial charge in [0.05, 0.1) is 29.4 Å². The van der Waals surface area contributed by atoms with Crippen LogP contribution < -0.4 is 4.90 Å². The van der Waals surface area contributed by atoms with E-state index in [1.54, 1.807) is 41.6 Å². The number of carbonyl (C=O) groups excluding carboxylic acids is 1. The van der Waals surface area contributed by atoms with E-state index in [9.17, 15) is 4.79 Å². The van der Waals surface area contributed by atoms with E-state index in [1.807, 2.05) is 41.1 Å². The molecule has 0 aliphatic carbocycles. The molecule has 30 heavy (non-hydrogen) atoms. The summed E-state index contributed by atoms with van der Waals surface area (Å²) in [5.74, 6) is 0.398. The number of hydrogen-bond acceptors (Lipinski definition) is 3. The fourth-order valence-electron chi connectivity index (χ4n) is 3.77. The monoisotopic (exact) mass is 434 g/mol. The van der Waals surface area contributed by atoms with Crippen LogP contribution in [0.4, 0.5) is 5.82 Å². The van der Waals surface area contributed by atoms with Gasteiger partial charge in [-0.05, 0) is 47.5 Å². The fraction of sp³-hybridized carbons (Fsp3) is 0.0870. The van der Waals surface area contributed by atoms with Gasteiger partial charge in [-0.25, -0.2) is 4.98 Å². The summed E-state index contributed by atoms with van der Waals surface area (Å²) >= 11 is 12.6. The van der Waals surface area contributed by atoms with E-state index in [2.05, 4.69) is 10.1 Å². The average Bonchev–Trinajstić information content (AvgIpc) is 3.12. The molecule has 0 spiro atoms. The summed E-state index contributed by atoms with van der Waals surface area (Å²) in [5.41, 5.74) is 4.19. The summed E-state index contributed by atoms with van der Waals surface area (Å²) in [6, 6.07) is 18.6. The van der Waals surface area contributed by atoms with E-state index in [4.69, 9.17) is 23.2 Å². The Labute approximate surface area is 183 Å². The van der Waals surface area contributed by atoms with Crippen molar-refractivity contribution in [3.8, 4) is 11.1 Å². The predicted octanol–water partition coefficient (Wildman–Crippen LogP) is 5.46. The Morgan fingerprint density at radius 3 is 2.63 bits per heavy atom. The second-order valence-electron chi connectivity index (χ2n) is 7.02. The molecule has 5 rings (SSSR count). The minimum absolute atomic E-state index is 0.202. The van der Waals surface area contributed by atoms with Gasteiger partial charge in [-0.1, -0.05) is 47.5 Å². The van der Waals surface area contributed by atoms with Gasteiger partial charge in [0.25, 0.3) is 5.91 Å². The van der Waals surface area contributed by atoms with Gasteiger partial charge in [-0.15, -0.1) is 0 Å². The van der Waals surface area contributed by atoms with Gasteiger partial charge in [0.2, 0.25) is 0 Å². The van der Waals surface area contributed by atoms with E-state index >= 15 is 0 Å². The smallest absolute Gasteiger partial charge is 0.261 e. The molecule has 2 aromatic carbocycles. The number of pyridine rings is 1. The third-order valence-electron chi connectivity index (χ3n) is 5.21. The van der Waals surface area contributed by atoms with Crippen LogP contribution in [0.5, 0.6) is 0 Å².